The molecule has 2 aliphatic rings. The first kappa shape index (κ1) is 22.6. The predicted octanol–water partition coefficient (Wildman–Crippen LogP) is 4.90. The second-order valence-electron chi connectivity index (χ2n) is 9.44. The van der Waals surface area contributed by atoms with Crippen molar-refractivity contribution >= 4 is 11.6 Å². The Morgan fingerprint density at radius 1 is 1.12 bits per heavy atom. The average molecular weight is 469 g/mol. The maximum absolute atomic E-state index is 14.9. The number of ether oxygens (including phenoxy) is 1. The van der Waals surface area contributed by atoms with E-state index in [1.54, 1.807) is 6.07 Å². The van der Waals surface area contributed by atoms with Gasteiger partial charge in [-0.15, -0.1) is 0 Å². The molecule has 2 aromatic heterocycles. The summed E-state index contributed by atoms with van der Waals surface area (Å²) in [6, 6.07) is 5.48. The van der Waals surface area contributed by atoms with Crippen LogP contribution < -0.4 is 15.0 Å². The van der Waals surface area contributed by atoms with E-state index in [0.717, 1.165) is 37.6 Å². The van der Waals surface area contributed by atoms with E-state index in [4.69, 9.17) is 4.74 Å². The molecule has 1 aliphatic heterocycles. The molecule has 0 spiro atoms. The molecule has 180 valence electrons. The van der Waals surface area contributed by atoms with Gasteiger partial charge in [0, 0.05) is 36.8 Å². The molecular formula is C25H30F2N6O. The first-order valence-electron chi connectivity index (χ1n) is 11.9. The average Bonchev–Trinajstić information content (AvgIpc) is 3.26. The van der Waals surface area contributed by atoms with E-state index in [0.29, 0.717) is 36.3 Å². The number of fused-ring (bicyclic) bond motifs is 1. The van der Waals surface area contributed by atoms with Gasteiger partial charge in [-0.25, -0.2) is 18.7 Å². The minimum atomic E-state index is -0.586. The van der Waals surface area contributed by atoms with E-state index >= 15 is 0 Å². The summed E-state index contributed by atoms with van der Waals surface area (Å²) in [5, 5.41) is 7.89. The van der Waals surface area contributed by atoms with Gasteiger partial charge in [0.1, 0.15) is 12.3 Å². The number of hydrogen-bond donors (Lipinski definition) is 1. The van der Waals surface area contributed by atoms with Crippen LogP contribution in [0.25, 0.3) is 11.3 Å². The molecular weight excluding hydrogens is 438 g/mol. The molecule has 0 atom stereocenters. The molecule has 0 radical (unpaired) electrons. The van der Waals surface area contributed by atoms with Gasteiger partial charge in [0.15, 0.2) is 17.4 Å². The predicted molar refractivity (Wildman–Crippen MR) is 127 cm³/mol. The molecule has 3 heterocycles. The van der Waals surface area contributed by atoms with Crippen LogP contribution in [0.2, 0.25) is 0 Å². The lowest BCUT2D eigenvalue weighted by Gasteiger charge is -2.34. The highest BCUT2D eigenvalue weighted by Gasteiger charge is 2.27. The maximum Gasteiger partial charge on any atom is 0.223 e. The number of nitrogens with one attached hydrogen (secondary N) is 1. The minimum absolute atomic E-state index is 0.0793. The van der Waals surface area contributed by atoms with Crippen LogP contribution in [0.15, 0.2) is 30.6 Å². The first-order chi connectivity index (χ1) is 16.4. The van der Waals surface area contributed by atoms with Crippen molar-refractivity contribution in [3.05, 3.63) is 47.9 Å². The Morgan fingerprint density at radius 3 is 2.62 bits per heavy atom. The van der Waals surface area contributed by atoms with Crippen molar-refractivity contribution < 1.29 is 13.5 Å². The molecule has 0 bridgehead atoms. The summed E-state index contributed by atoms with van der Waals surface area (Å²) in [5.41, 5.74) is 2.21. The second-order valence-corrected chi connectivity index (χ2v) is 9.44. The molecule has 1 saturated carbocycles. The number of benzene rings is 1. The Morgan fingerprint density at radius 2 is 1.91 bits per heavy atom. The zero-order valence-corrected chi connectivity index (χ0v) is 19.8. The van der Waals surface area contributed by atoms with Gasteiger partial charge in [-0.2, -0.15) is 5.10 Å². The van der Waals surface area contributed by atoms with Crippen LogP contribution >= 0.6 is 0 Å². The quantitative estimate of drug-likeness (QED) is 0.575. The van der Waals surface area contributed by atoms with Gasteiger partial charge >= 0.3 is 0 Å². The van der Waals surface area contributed by atoms with Crippen LogP contribution in [0.4, 0.5) is 20.4 Å². The molecule has 0 amide bonds. The standard InChI is InChI=1S/C25H30F2N6O/c1-15(2)33-10-11-34-24-19(26)12-17(13-22(24)33)23-20(27)14-28-25(30-23)29-18-6-4-16(5-7-18)21-8-9-32(3)31-21/h8-9,12-16,18H,4-7,10-11H2,1-3H3,(H,28,29,30). The molecule has 1 fully saturated rings. The summed E-state index contributed by atoms with van der Waals surface area (Å²) in [5.74, 6) is -0.0858. The van der Waals surface area contributed by atoms with Crippen molar-refractivity contribution in [2.24, 2.45) is 7.05 Å². The van der Waals surface area contributed by atoms with E-state index in [1.807, 2.05) is 31.8 Å². The summed E-state index contributed by atoms with van der Waals surface area (Å²) in [6.07, 6.45) is 7.06. The van der Waals surface area contributed by atoms with Crippen molar-refractivity contribution in [2.75, 3.05) is 23.4 Å². The fourth-order valence-corrected chi connectivity index (χ4v) is 4.98. The number of anilines is 2. The third-order valence-corrected chi connectivity index (χ3v) is 6.77. The molecule has 0 saturated heterocycles. The highest BCUT2D eigenvalue weighted by molar-refractivity contribution is 5.72. The Kier molecular flexibility index (Phi) is 6.10. The highest BCUT2D eigenvalue weighted by Crippen LogP contribution is 2.39. The van der Waals surface area contributed by atoms with E-state index in [9.17, 15) is 8.78 Å². The van der Waals surface area contributed by atoms with Gasteiger partial charge in [0.05, 0.1) is 24.1 Å². The number of halogens is 2. The molecule has 9 heteroatoms. The number of aromatic nitrogens is 4. The third kappa shape index (κ3) is 4.43. The van der Waals surface area contributed by atoms with E-state index in [2.05, 4.69) is 31.3 Å². The summed E-state index contributed by atoms with van der Waals surface area (Å²) in [7, 11) is 1.93. The normalized spacial score (nSPS) is 20.2. The molecule has 7 nitrogen and oxygen atoms in total. The Balaban J connectivity index is 1.35. The van der Waals surface area contributed by atoms with Crippen LogP contribution in [0, 0.1) is 11.6 Å². The lowest BCUT2D eigenvalue weighted by Crippen LogP contribution is -2.38. The number of rotatable bonds is 5. The molecule has 5 rings (SSSR count). The second kappa shape index (κ2) is 9.19. The SMILES string of the molecule is CC(C)N1CCOc2c(F)cc(-c3nc(NC4CCC(c5ccn(C)n5)CC4)ncc3F)cc21. The zero-order valence-electron chi connectivity index (χ0n) is 19.8. The fourth-order valence-electron chi connectivity index (χ4n) is 4.98. The molecule has 3 aromatic rings. The Bertz CT molecular complexity index is 1170. The largest absolute Gasteiger partial charge is 0.486 e. The molecule has 0 unspecified atom stereocenters. The monoisotopic (exact) mass is 468 g/mol. The molecule has 1 N–H and O–H groups in total. The van der Waals surface area contributed by atoms with E-state index < -0.39 is 11.6 Å². The van der Waals surface area contributed by atoms with E-state index in [-0.39, 0.29) is 23.5 Å². The molecule has 34 heavy (non-hydrogen) atoms. The highest BCUT2D eigenvalue weighted by atomic mass is 19.1. The van der Waals surface area contributed by atoms with Gasteiger partial charge < -0.3 is 15.0 Å². The molecule has 1 aromatic carbocycles. The number of hydrogen-bond acceptors (Lipinski definition) is 6. The van der Waals surface area contributed by atoms with Crippen molar-refractivity contribution in [3.63, 3.8) is 0 Å². The summed E-state index contributed by atoms with van der Waals surface area (Å²) in [4.78, 5) is 10.6. The van der Waals surface area contributed by atoms with Crippen molar-refractivity contribution in [1.29, 1.82) is 0 Å². The van der Waals surface area contributed by atoms with E-state index in [1.165, 1.54) is 6.07 Å². The Labute approximate surface area is 198 Å². The van der Waals surface area contributed by atoms with Gasteiger partial charge in [-0.05, 0) is 57.7 Å². The first-order valence-corrected chi connectivity index (χ1v) is 11.9. The number of nitrogens with zero attached hydrogens (tertiary/aromatic N) is 5. The summed E-state index contributed by atoms with van der Waals surface area (Å²) >= 11 is 0. The zero-order chi connectivity index (χ0) is 23.8. The summed E-state index contributed by atoms with van der Waals surface area (Å²) < 4.78 is 37.1. The summed E-state index contributed by atoms with van der Waals surface area (Å²) in [6.45, 7) is 5.14. The topological polar surface area (TPSA) is 68.1 Å². The third-order valence-electron chi connectivity index (χ3n) is 6.77. The molecule has 1 aliphatic carbocycles. The minimum Gasteiger partial charge on any atom is -0.486 e. The van der Waals surface area contributed by atoms with Gasteiger partial charge in [-0.3, -0.25) is 4.68 Å². The number of aryl methyl sites for hydroxylation is 1. The van der Waals surface area contributed by atoms with Crippen molar-refractivity contribution in [1.82, 2.24) is 19.7 Å². The van der Waals surface area contributed by atoms with Gasteiger partial charge in [0.2, 0.25) is 5.95 Å². The van der Waals surface area contributed by atoms with Crippen molar-refractivity contribution in [3.8, 4) is 17.0 Å². The lowest BCUT2D eigenvalue weighted by molar-refractivity contribution is 0.287. The van der Waals surface area contributed by atoms with Crippen LogP contribution in [-0.4, -0.2) is 45.0 Å². The van der Waals surface area contributed by atoms with Crippen LogP contribution in [0.5, 0.6) is 5.75 Å². The van der Waals surface area contributed by atoms with Gasteiger partial charge in [0.25, 0.3) is 0 Å². The Hall–Kier alpha value is -3.23. The van der Waals surface area contributed by atoms with Crippen molar-refractivity contribution in [2.45, 2.75) is 57.5 Å². The van der Waals surface area contributed by atoms with Crippen LogP contribution in [-0.2, 0) is 7.05 Å². The van der Waals surface area contributed by atoms with Crippen LogP contribution in [0.1, 0.15) is 51.1 Å². The maximum atomic E-state index is 14.9. The fraction of sp³-hybridized carbons (Fsp3) is 0.480. The van der Waals surface area contributed by atoms with Crippen LogP contribution in [0.3, 0.4) is 0 Å². The van der Waals surface area contributed by atoms with Gasteiger partial charge in [-0.1, -0.05) is 0 Å². The smallest absolute Gasteiger partial charge is 0.223 e. The lowest BCUT2D eigenvalue weighted by atomic mass is 9.84.